The Balaban J connectivity index is 1.39. The molecule has 5 atom stereocenters. The van der Waals surface area contributed by atoms with Gasteiger partial charge in [0.15, 0.2) is 5.43 Å². The number of hydrogen-bond acceptors (Lipinski definition) is 12. The van der Waals surface area contributed by atoms with Crippen molar-refractivity contribution in [1.82, 2.24) is 10.6 Å². The molecule has 3 aromatic rings. The van der Waals surface area contributed by atoms with E-state index >= 15 is 0 Å². The molecule has 12 nitrogen and oxygen atoms in total. The van der Waals surface area contributed by atoms with Gasteiger partial charge in [0, 0.05) is 53.8 Å². The van der Waals surface area contributed by atoms with Gasteiger partial charge in [0.25, 0.3) is 0 Å². The monoisotopic (exact) mass is 776 g/mol. The lowest BCUT2D eigenvalue weighted by Crippen LogP contribution is -2.57. The molecular formula is C45H52N4O8. The van der Waals surface area contributed by atoms with Gasteiger partial charge in [-0.1, -0.05) is 43.2 Å². The van der Waals surface area contributed by atoms with Crippen LogP contribution < -0.4 is 32.3 Å². The van der Waals surface area contributed by atoms with Crippen LogP contribution in [0.3, 0.4) is 0 Å². The molecule has 1 aromatic heterocycles. The first-order valence-corrected chi connectivity index (χ1v) is 20.1. The summed E-state index contributed by atoms with van der Waals surface area (Å²) in [6.45, 7) is 3.74. The van der Waals surface area contributed by atoms with Crippen molar-refractivity contribution in [2.24, 2.45) is 23.3 Å². The molecule has 300 valence electrons. The van der Waals surface area contributed by atoms with Crippen LogP contribution in [0.1, 0.15) is 87.2 Å². The number of phenols is 2. The molecule has 1 aliphatic carbocycles. The molecule has 5 heterocycles. The second-order valence-electron chi connectivity index (χ2n) is 16.2. The number of ether oxygens (including phenoxy) is 2. The Morgan fingerprint density at radius 2 is 1.95 bits per heavy atom. The summed E-state index contributed by atoms with van der Waals surface area (Å²) < 4.78 is 20.4. The molecule has 5 aliphatic rings. The molecule has 1 fully saturated rings. The highest BCUT2D eigenvalue weighted by Gasteiger charge is 2.52. The summed E-state index contributed by atoms with van der Waals surface area (Å²) in [4.78, 5) is 28.3. The standard InChI is InChI=1S/C45H52N4O8/c1-3-30(26-8-4-5-9-26)44(54)56-36-21-34-40(53)39-35(52)20-29(23-50)55-42(39)38-33(19-24-7-6-10-28(51)18-24)31-15-16-48-43(47)32(31)13-12-27(45(36,2)57-41(34)38)17-25-11-14-37(46)49-22-25/h3,6-7,10-11,14-15,18,20,22,26-27,33,36-37,48-51,53H,4-5,8-9,12-13,16-17,19,21,23,46-47H2,1-2H3. The average molecular weight is 777 g/mol. The minimum absolute atomic E-state index is 0.0293. The van der Waals surface area contributed by atoms with E-state index < -0.39 is 35.6 Å². The van der Waals surface area contributed by atoms with Gasteiger partial charge < -0.3 is 51.3 Å². The van der Waals surface area contributed by atoms with Crippen molar-refractivity contribution in [1.29, 1.82) is 0 Å². The van der Waals surface area contributed by atoms with Crippen LogP contribution >= 0.6 is 0 Å². The number of benzene rings is 2. The fourth-order valence-corrected chi connectivity index (χ4v) is 9.74. The molecule has 2 aromatic carbocycles. The molecule has 1 saturated carbocycles. The van der Waals surface area contributed by atoms with E-state index in [1.165, 1.54) is 6.07 Å². The number of hydrogen-bond donors (Lipinski definition) is 7. The molecule has 5 unspecified atom stereocenters. The summed E-state index contributed by atoms with van der Waals surface area (Å²) in [5.41, 5.74) is 16.4. The van der Waals surface area contributed by atoms with Crippen LogP contribution in [0.15, 0.2) is 98.2 Å². The molecular weight excluding hydrogens is 725 g/mol. The lowest BCUT2D eigenvalue weighted by Gasteiger charge is -2.48. The summed E-state index contributed by atoms with van der Waals surface area (Å²) >= 11 is 0. The highest BCUT2D eigenvalue weighted by Crippen LogP contribution is 2.55. The number of carbonyl (C=O) groups excluding carboxylic acids is 1. The normalized spacial score (nSPS) is 26.1. The Kier molecular flexibility index (Phi) is 10.4. The quantitative estimate of drug-likeness (QED) is 0.111. The van der Waals surface area contributed by atoms with E-state index in [-0.39, 0.29) is 52.7 Å². The first-order valence-electron chi connectivity index (χ1n) is 20.1. The van der Waals surface area contributed by atoms with Crippen molar-refractivity contribution in [3.05, 3.63) is 122 Å². The summed E-state index contributed by atoms with van der Waals surface area (Å²) in [7, 11) is 0. The predicted octanol–water partition coefficient (Wildman–Crippen LogP) is 5.59. The molecule has 9 N–H and O–H groups in total. The van der Waals surface area contributed by atoms with Crippen molar-refractivity contribution in [2.45, 2.75) is 102 Å². The van der Waals surface area contributed by atoms with Crippen LogP contribution in [-0.2, 0) is 29.0 Å². The number of dihydropyridines is 2. The van der Waals surface area contributed by atoms with Gasteiger partial charge in [-0.25, -0.2) is 4.79 Å². The zero-order valence-corrected chi connectivity index (χ0v) is 32.5. The number of carbonyl (C=O) groups is 1. The van der Waals surface area contributed by atoms with Crippen LogP contribution in [0, 0.1) is 11.8 Å². The fourth-order valence-electron chi connectivity index (χ4n) is 9.74. The third-order valence-corrected chi connectivity index (χ3v) is 12.8. The molecule has 8 rings (SSSR count). The van der Waals surface area contributed by atoms with Crippen LogP contribution in [-0.4, -0.2) is 45.7 Å². The minimum Gasteiger partial charge on any atom is -0.508 e. The maximum absolute atomic E-state index is 14.3. The number of aliphatic hydroxyl groups excluding tert-OH is 1. The number of allylic oxidation sites excluding steroid dienone is 5. The van der Waals surface area contributed by atoms with Gasteiger partial charge >= 0.3 is 5.97 Å². The number of phenolic OH excluding ortho intramolecular Hbond substituents is 2. The molecule has 0 radical (unpaired) electrons. The number of fused-ring (bicyclic) bond motifs is 4. The van der Waals surface area contributed by atoms with E-state index in [0.717, 1.165) is 48.0 Å². The summed E-state index contributed by atoms with van der Waals surface area (Å²) in [5, 5.41) is 39.5. The van der Waals surface area contributed by atoms with Crippen molar-refractivity contribution in [2.75, 3.05) is 6.54 Å². The van der Waals surface area contributed by atoms with Crippen LogP contribution in [0.4, 0.5) is 0 Å². The van der Waals surface area contributed by atoms with Crippen LogP contribution in [0.25, 0.3) is 11.0 Å². The van der Waals surface area contributed by atoms with E-state index in [1.54, 1.807) is 18.2 Å². The number of esters is 1. The number of aliphatic hydroxyl groups is 1. The third-order valence-electron chi connectivity index (χ3n) is 12.8. The average Bonchev–Trinajstić information content (AvgIpc) is 3.72. The Labute approximate surface area is 331 Å². The fraction of sp³-hybridized carbons (Fsp3) is 0.422. The zero-order valence-electron chi connectivity index (χ0n) is 32.5. The van der Waals surface area contributed by atoms with E-state index in [0.29, 0.717) is 60.5 Å². The smallest absolute Gasteiger partial charge is 0.334 e. The third kappa shape index (κ3) is 7.10. The number of nitrogens with two attached hydrogens (primary N) is 2. The van der Waals surface area contributed by atoms with Gasteiger partial charge in [0.1, 0.15) is 52.3 Å². The van der Waals surface area contributed by atoms with Crippen molar-refractivity contribution < 1.29 is 34.0 Å². The number of nitrogens with one attached hydrogen (secondary N) is 2. The molecule has 0 amide bonds. The van der Waals surface area contributed by atoms with E-state index in [9.17, 15) is 24.9 Å². The number of rotatable bonds is 8. The van der Waals surface area contributed by atoms with Crippen molar-refractivity contribution >= 4 is 16.9 Å². The zero-order chi connectivity index (χ0) is 40.0. The van der Waals surface area contributed by atoms with Gasteiger partial charge in [-0.15, -0.1) is 0 Å². The topological polar surface area (TPSA) is 203 Å². The van der Waals surface area contributed by atoms with Crippen LogP contribution in [0.5, 0.6) is 17.2 Å². The Hall–Kier alpha value is -5.46. The minimum atomic E-state index is -1.18. The summed E-state index contributed by atoms with van der Waals surface area (Å²) in [6, 6.07) is 8.19. The van der Waals surface area contributed by atoms with Crippen molar-refractivity contribution in [3.63, 3.8) is 0 Å². The van der Waals surface area contributed by atoms with Gasteiger partial charge in [-0.05, 0) is 98.8 Å². The van der Waals surface area contributed by atoms with Gasteiger partial charge in [-0.3, -0.25) is 4.79 Å². The summed E-state index contributed by atoms with van der Waals surface area (Å²) in [6.07, 6.45) is 14.5. The second-order valence-corrected chi connectivity index (χ2v) is 16.2. The highest BCUT2D eigenvalue weighted by atomic mass is 16.6. The lowest BCUT2D eigenvalue weighted by atomic mass is 9.70. The maximum Gasteiger partial charge on any atom is 0.334 e. The molecule has 12 heteroatoms. The van der Waals surface area contributed by atoms with E-state index in [2.05, 4.69) is 16.7 Å². The highest BCUT2D eigenvalue weighted by molar-refractivity contribution is 5.92. The van der Waals surface area contributed by atoms with Gasteiger partial charge in [0.05, 0.1) is 12.0 Å². The second kappa shape index (κ2) is 15.5. The predicted molar refractivity (Wildman–Crippen MR) is 216 cm³/mol. The van der Waals surface area contributed by atoms with Crippen molar-refractivity contribution in [3.8, 4) is 17.2 Å². The first kappa shape index (κ1) is 38.4. The van der Waals surface area contributed by atoms with Crippen LogP contribution in [0.2, 0.25) is 0 Å². The molecule has 2 bridgehead atoms. The van der Waals surface area contributed by atoms with Gasteiger partial charge in [0.2, 0.25) is 0 Å². The number of aromatic hydroxyl groups is 2. The Bertz CT molecular complexity index is 2320. The molecule has 57 heavy (non-hydrogen) atoms. The SMILES string of the molecule is CC=C(C(=O)OC1Cc2c3c(c4oc(CO)cc(=O)c4c2O)C(Cc2cccc(O)c2)C2=CCNC(N)=C2CCC(CC2=CNC(N)C=C2)C1(C)O3)C1CCCC1. The molecule has 0 spiro atoms. The summed E-state index contributed by atoms with van der Waals surface area (Å²) in [5.74, 6) is -0.466. The maximum atomic E-state index is 14.3. The van der Waals surface area contributed by atoms with E-state index in [1.807, 2.05) is 44.3 Å². The largest absolute Gasteiger partial charge is 0.508 e. The lowest BCUT2D eigenvalue weighted by molar-refractivity contribution is -0.165. The van der Waals surface area contributed by atoms with Gasteiger partial charge in [-0.2, -0.15) is 0 Å². The Morgan fingerprint density at radius 1 is 1.14 bits per heavy atom. The van der Waals surface area contributed by atoms with E-state index in [4.69, 9.17) is 25.4 Å². The molecule has 4 aliphatic heterocycles. The molecule has 0 saturated heterocycles. The first-order chi connectivity index (χ1) is 27.5. The Morgan fingerprint density at radius 3 is 2.67 bits per heavy atom.